The number of halogens is 1. The van der Waals surface area contributed by atoms with Gasteiger partial charge < -0.3 is 4.90 Å². The van der Waals surface area contributed by atoms with Crippen LogP contribution in [0.2, 0.25) is 0 Å². The third kappa shape index (κ3) is 2.45. The van der Waals surface area contributed by atoms with E-state index in [1.807, 2.05) is 0 Å². The Kier molecular flexibility index (Phi) is 1.19. The lowest BCUT2D eigenvalue weighted by atomic mass is 10.6. The van der Waals surface area contributed by atoms with Crippen LogP contribution in [0.25, 0.3) is 0 Å². The molecule has 0 aliphatic carbocycles. The number of carbonyl (C=O) groups excluding carboxylic acids is 1. The summed E-state index contributed by atoms with van der Waals surface area (Å²) in [5, 5.41) is 0. The largest absolute Gasteiger partial charge is 0.348 e. The van der Waals surface area contributed by atoms with Crippen LogP contribution >= 0.6 is 11.6 Å². The first-order valence-electron chi connectivity index (χ1n) is 3.22. The van der Waals surface area contributed by atoms with Gasteiger partial charge in [0.1, 0.15) is 5.88 Å². The summed E-state index contributed by atoms with van der Waals surface area (Å²) >= 11 is 5.11. The fourth-order valence-electron chi connectivity index (χ4n) is 0.0896. The van der Waals surface area contributed by atoms with Crippen molar-refractivity contribution in [3.8, 4) is 0 Å². The van der Waals surface area contributed by atoms with Gasteiger partial charge in [0.2, 0.25) is 5.91 Å². The van der Waals surface area contributed by atoms with Gasteiger partial charge in [-0.3, -0.25) is 4.79 Å². The van der Waals surface area contributed by atoms with Crippen LogP contribution in [0.5, 0.6) is 0 Å². The molecule has 0 bridgehead atoms. The quantitative estimate of drug-likeness (QED) is 0.461. The van der Waals surface area contributed by atoms with Crippen LogP contribution in [0.15, 0.2) is 0 Å². The van der Waals surface area contributed by atoms with Crippen molar-refractivity contribution in [3.63, 3.8) is 0 Å². The van der Waals surface area contributed by atoms with E-state index in [1.165, 1.54) is 7.05 Å². The van der Waals surface area contributed by atoms with E-state index in [4.69, 9.17) is 15.7 Å². The van der Waals surface area contributed by atoms with Crippen LogP contribution in [0.1, 0.15) is 4.11 Å². The fraction of sp³-hybridized carbons (Fsp3) is 0.750. The van der Waals surface area contributed by atoms with E-state index in [1.54, 1.807) is 0 Å². The molecule has 0 aliphatic rings. The van der Waals surface area contributed by atoms with E-state index < -0.39 is 12.9 Å². The molecule has 0 spiro atoms. The molecule has 0 aromatic heterocycles. The molecule has 0 saturated carbocycles. The van der Waals surface area contributed by atoms with Gasteiger partial charge in [0.05, 0.1) is 0 Å². The summed E-state index contributed by atoms with van der Waals surface area (Å²) in [6.45, 7) is -2.37. The molecule has 0 N–H and O–H groups in total. The molecule has 0 aromatic carbocycles. The summed E-state index contributed by atoms with van der Waals surface area (Å²) in [6.07, 6.45) is 0. The first-order chi connectivity index (χ1) is 4.39. The number of nitrogens with zero attached hydrogens (tertiary/aromatic N) is 1. The topological polar surface area (TPSA) is 20.3 Å². The molecule has 0 radical (unpaired) electrons. The van der Waals surface area contributed by atoms with E-state index in [9.17, 15) is 4.79 Å². The molecule has 42 valence electrons. The summed E-state index contributed by atoms with van der Waals surface area (Å²) in [6, 6.07) is 0. The lowest BCUT2D eigenvalue weighted by Crippen LogP contribution is -2.22. The van der Waals surface area contributed by atoms with Crippen molar-refractivity contribution in [2.75, 3.05) is 19.9 Å². The highest BCUT2D eigenvalue weighted by Crippen LogP contribution is 1.80. The molecule has 0 heterocycles. The highest BCUT2D eigenvalue weighted by molar-refractivity contribution is 6.27. The van der Waals surface area contributed by atoms with Crippen molar-refractivity contribution >= 4 is 17.5 Å². The normalized spacial score (nSPS) is 16.6. The van der Waals surface area contributed by atoms with Crippen molar-refractivity contribution in [2.45, 2.75) is 0 Å². The van der Waals surface area contributed by atoms with Gasteiger partial charge in [0, 0.05) is 18.1 Å². The lowest BCUT2D eigenvalue weighted by molar-refractivity contribution is -0.126. The first kappa shape index (κ1) is 2.92. The molecule has 0 aromatic rings. The molecule has 2 nitrogen and oxygen atoms in total. The second-order valence-electron chi connectivity index (χ2n) is 1.09. The highest BCUT2D eigenvalue weighted by Gasteiger charge is 1.97. The monoisotopic (exact) mass is 124 g/mol. The second kappa shape index (κ2) is 2.86. The maximum Gasteiger partial charge on any atom is 0.236 e. The maximum absolute atomic E-state index is 10.6. The van der Waals surface area contributed by atoms with E-state index in [2.05, 4.69) is 0 Å². The lowest BCUT2D eigenvalue weighted by Gasteiger charge is -2.04. The fourth-order valence-corrected chi connectivity index (χ4v) is 0.269. The minimum absolute atomic E-state index is 0.297. The minimum atomic E-state index is -2.37. The zero-order chi connectivity index (χ0) is 8.36. The van der Waals surface area contributed by atoms with Crippen molar-refractivity contribution in [3.05, 3.63) is 0 Å². The van der Waals surface area contributed by atoms with Gasteiger partial charge in [-0.15, -0.1) is 11.6 Å². The van der Waals surface area contributed by atoms with Crippen LogP contribution in [-0.2, 0) is 4.79 Å². The summed E-state index contributed by atoms with van der Waals surface area (Å²) in [5.41, 5.74) is 0. The predicted molar refractivity (Wildman–Crippen MR) is 29.4 cm³/mol. The summed E-state index contributed by atoms with van der Waals surface area (Å²) in [4.78, 5) is 11.2. The smallest absolute Gasteiger partial charge is 0.236 e. The summed E-state index contributed by atoms with van der Waals surface area (Å²) in [5.74, 6) is -0.892. The minimum Gasteiger partial charge on any atom is -0.348 e. The number of hydrogen-bond donors (Lipinski definition) is 0. The van der Waals surface area contributed by atoms with Crippen molar-refractivity contribution in [1.82, 2.24) is 4.90 Å². The molecule has 0 rings (SSSR count). The molecule has 0 saturated heterocycles. The van der Waals surface area contributed by atoms with Gasteiger partial charge in [-0.25, -0.2) is 0 Å². The van der Waals surface area contributed by atoms with E-state index >= 15 is 0 Å². The molecule has 7 heavy (non-hydrogen) atoms. The molecule has 0 unspecified atom stereocenters. The average Bonchev–Trinajstić information content (AvgIpc) is 1.83. The summed E-state index contributed by atoms with van der Waals surface area (Å²) in [7, 11) is 1.19. The van der Waals surface area contributed by atoms with E-state index in [0.717, 1.165) is 0 Å². The van der Waals surface area contributed by atoms with Crippen molar-refractivity contribution in [1.29, 1.82) is 0 Å². The van der Waals surface area contributed by atoms with Gasteiger partial charge in [0.15, 0.2) is 0 Å². The van der Waals surface area contributed by atoms with Gasteiger partial charge in [0.25, 0.3) is 0 Å². The number of hydrogen-bond acceptors (Lipinski definition) is 1. The molecule has 0 fully saturated rings. The SMILES string of the molecule is [2H]C([2H])([2H])N(C)C(=O)CCl. The maximum atomic E-state index is 10.6. The Labute approximate surface area is 52.3 Å². The molecule has 0 aliphatic heterocycles. The van der Waals surface area contributed by atoms with Crippen LogP contribution in [0.4, 0.5) is 0 Å². The standard InChI is InChI=1S/C4H8ClNO/c1-6(2)4(7)3-5/h3H2,1-2H3/i1D3. The van der Waals surface area contributed by atoms with Crippen molar-refractivity contribution < 1.29 is 8.91 Å². The van der Waals surface area contributed by atoms with Gasteiger partial charge in [-0.05, 0) is 0 Å². The zero-order valence-corrected chi connectivity index (χ0v) is 4.70. The third-order valence-electron chi connectivity index (χ3n) is 0.488. The number of rotatable bonds is 1. The highest BCUT2D eigenvalue weighted by atomic mass is 35.5. The molecule has 0 atom stereocenters. The Morgan fingerprint density at radius 2 is 2.71 bits per heavy atom. The van der Waals surface area contributed by atoms with Crippen LogP contribution < -0.4 is 0 Å². The van der Waals surface area contributed by atoms with Crippen LogP contribution in [-0.4, -0.2) is 30.7 Å². The Morgan fingerprint density at radius 3 is 2.86 bits per heavy atom. The van der Waals surface area contributed by atoms with Crippen LogP contribution in [0, 0.1) is 0 Å². The zero-order valence-electron chi connectivity index (χ0n) is 6.94. The third-order valence-corrected chi connectivity index (χ3v) is 0.717. The number of alkyl halides is 1. The average molecular weight is 125 g/mol. The first-order valence-corrected chi connectivity index (χ1v) is 2.25. The predicted octanol–water partition coefficient (Wildman–Crippen LogP) is 0.313. The molecule has 1 amide bonds. The van der Waals surface area contributed by atoms with Gasteiger partial charge in [-0.2, -0.15) is 0 Å². The molecular formula is C4H8ClNO. The second-order valence-corrected chi connectivity index (χ2v) is 1.35. The van der Waals surface area contributed by atoms with E-state index in [0.29, 0.717) is 4.90 Å². The Bertz CT molecular complexity index is 135. The van der Waals surface area contributed by atoms with E-state index in [-0.39, 0.29) is 5.88 Å². The Morgan fingerprint density at radius 1 is 2.14 bits per heavy atom. The molecular weight excluding hydrogens is 114 g/mol. The molecule has 3 heteroatoms. The Balaban J connectivity index is 4.08. The Hall–Kier alpha value is -0.240. The van der Waals surface area contributed by atoms with Crippen LogP contribution in [0.3, 0.4) is 0 Å². The summed E-state index contributed by atoms with van der Waals surface area (Å²) < 4.78 is 20.3. The number of amides is 1. The van der Waals surface area contributed by atoms with Gasteiger partial charge >= 0.3 is 0 Å². The van der Waals surface area contributed by atoms with Gasteiger partial charge in [-0.1, -0.05) is 0 Å². The van der Waals surface area contributed by atoms with Crippen molar-refractivity contribution in [2.24, 2.45) is 0 Å². The number of carbonyl (C=O) groups is 1.